The molecular weight excluding hydrogens is 492 g/mol. The number of imidazole rings is 2. The molecule has 0 bridgehead atoms. The first-order valence-corrected chi connectivity index (χ1v) is 14.9. The quantitative estimate of drug-likeness (QED) is 0.216. The number of piperidine rings is 1. The molecule has 2 unspecified atom stereocenters. The number of aromatic amines is 2. The number of rotatable bonds is 6. The third-order valence-electron chi connectivity index (χ3n) is 8.81. The van der Waals surface area contributed by atoms with Gasteiger partial charge in [0.25, 0.3) is 0 Å². The number of hydrogen-bond donors (Lipinski definition) is 4. The fraction of sp³-hybridized carbons (Fsp3) is 0.412. The van der Waals surface area contributed by atoms with E-state index >= 15 is 0 Å². The molecule has 2 aromatic heterocycles. The lowest BCUT2D eigenvalue weighted by molar-refractivity contribution is 0.542. The zero-order chi connectivity index (χ0) is 27.8. The molecule has 2 saturated carbocycles. The van der Waals surface area contributed by atoms with Crippen molar-refractivity contribution in [2.24, 2.45) is 11.8 Å². The Hall–Kier alpha value is -3.66. The van der Waals surface area contributed by atoms with Crippen molar-refractivity contribution in [3.05, 3.63) is 71.6 Å². The Bertz CT molecular complexity index is 1480. The number of terminal acetylenes is 1. The molecule has 3 fully saturated rings. The molecule has 40 heavy (non-hydrogen) atoms. The monoisotopic (exact) mass is 532 g/mol. The van der Waals surface area contributed by atoms with E-state index in [9.17, 15) is 0 Å². The van der Waals surface area contributed by atoms with Gasteiger partial charge in [0.05, 0.1) is 30.2 Å². The van der Waals surface area contributed by atoms with Gasteiger partial charge in [-0.15, -0.1) is 12.8 Å². The molecule has 6 nitrogen and oxygen atoms in total. The van der Waals surface area contributed by atoms with Gasteiger partial charge < -0.3 is 20.6 Å². The van der Waals surface area contributed by atoms with Crippen LogP contribution in [0.15, 0.2) is 48.7 Å². The summed E-state index contributed by atoms with van der Waals surface area (Å²) in [6, 6.07) is 17.5. The minimum absolute atomic E-state index is 0.407. The Morgan fingerprint density at radius 1 is 0.925 bits per heavy atom. The molecule has 3 aliphatic carbocycles. The van der Waals surface area contributed by atoms with Gasteiger partial charge in [-0.3, -0.25) is 0 Å². The second-order valence-corrected chi connectivity index (χ2v) is 11.4. The van der Waals surface area contributed by atoms with Crippen LogP contribution >= 0.6 is 0 Å². The van der Waals surface area contributed by atoms with E-state index < -0.39 is 0 Å². The van der Waals surface area contributed by atoms with Crippen molar-refractivity contribution < 1.29 is 0 Å². The van der Waals surface area contributed by atoms with E-state index in [1.54, 1.807) is 0 Å². The molecule has 6 heteroatoms. The topological polar surface area (TPSA) is 81.4 Å². The SMILES string of the molecule is C#C.CC.CC1CC1NCc1ncc(-c2ccc(-c3ccc4c(c3)CCc3[nH]c([C@@H]5C[C@H]6C[C@H]6N5)nc3-4)cc2)[nH]1. The van der Waals surface area contributed by atoms with Gasteiger partial charge in [0.15, 0.2) is 0 Å². The van der Waals surface area contributed by atoms with Crippen LogP contribution in [-0.4, -0.2) is 32.0 Å². The summed E-state index contributed by atoms with van der Waals surface area (Å²) in [7, 11) is 0. The second-order valence-electron chi connectivity index (χ2n) is 11.4. The van der Waals surface area contributed by atoms with Crippen LogP contribution in [0.25, 0.3) is 33.6 Å². The number of nitrogens with zero attached hydrogens (tertiary/aromatic N) is 2. The first-order valence-electron chi connectivity index (χ1n) is 14.9. The van der Waals surface area contributed by atoms with Crippen molar-refractivity contribution in [2.75, 3.05) is 0 Å². The van der Waals surface area contributed by atoms with Crippen LogP contribution in [0, 0.1) is 24.7 Å². The van der Waals surface area contributed by atoms with Crippen LogP contribution in [-0.2, 0) is 19.4 Å². The van der Waals surface area contributed by atoms with E-state index in [2.05, 4.69) is 87.8 Å². The van der Waals surface area contributed by atoms with Gasteiger partial charge in [-0.1, -0.05) is 63.2 Å². The highest BCUT2D eigenvalue weighted by Gasteiger charge is 2.47. The fourth-order valence-electron chi connectivity index (χ4n) is 6.28. The van der Waals surface area contributed by atoms with Gasteiger partial charge in [-0.05, 0) is 66.2 Å². The van der Waals surface area contributed by atoms with Crippen molar-refractivity contribution in [1.82, 2.24) is 30.6 Å². The highest BCUT2D eigenvalue weighted by atomic mass is 15.1. The number of H-pyrrole nitrogens is 2. The molecule has 2 aromatic carbocycles. The average molecular weight is 533 g/mol. The second kappa shape index (κ2) is 11.1. The summed E-state index contributed by atoms with van der Waals surface area (Å²) >= 11 is 0. The third kappa shape index (κ3) is 5.12. The molecule has 3 heterocycles. The van der Waals surface area contributed by atoms with Crippen LogP contribution < -0.4 is 10.6 Å². The normalized spacial score (nSPS) is 24.9. The summed E-state index contributed by atoms with van der Waals surface area (Å²) in [5.41, 5.74) is 9.92. The maximum Gasteiger partial charge on any atom is 0.124 e. The third-order valence-corrected chi connectivity index (χ3v) is 8.81. The summed E-state index contributed by atoms with van der Waals surface area (Å²) in [4.78, 5) is 16.8. The van der Waals surface area contributed by atoms with Crippen molar-refractivity contribution in [1.29, 1.82) is 0 Å². The number of fused-ring (bicyclic) bond motifs is 4. The Morgan fingerprint density at radius 2 is 1.68 bits per heavy atom. The van der Waals surface area contributed by atoms with Gasteiger partial charge in [0, 0.05) is 23.3 Å². The minimum Gasteiger partial charge on any atom is -0.344 e. The van der Waals surface area contributed by atoms with Crippen molar-refractivity contribution >= 4 is 0 Å². The van der Waals surface area contributed by atoms with Crippen LogP contribution in [0.5, 0.6) is 0 Å². The summed E-state index contributed by atoms with van der Waals surface area (Å²) in [5, 5.41) is 7.30. The van der Waals surface area contributed by atoms with Crippen molar-refractivity contribution in [2.45, 2.75) is 77.5 Å². The van der Waals surface area contributed by atoms with E-state index in [1.807, 2.05) is 20.0 Å². The van der Waals surface area contributed by atoms with Crippen molar-refractivity contribution in [3.8, 4) is 46.5 Å². The number of hydrogen-bond acceptors (Lipinski definition) is 4. The molecule has 1 saturated heterocycles. The first-order chi connectivity index (χ1) is 19.7. The van der Waals surface area contributed by atoms with Crippen LogP contribution in [0.2, 0.25) is 0 Å². The van der Waals surface area contributed by atoms with E-state index in [0.29, 0.717) is 12.1 Å². The van der Waals surface area contributed by atoms with Crippen LogP contribution in [0.1, 0.15) is 69.0 Å². The Balaban J connectivity index is 0.000000694. The number of aromatic nitrogens is 4. The Morgan fingerprint density at radius 3 is 2.40 bits per heavy atom. The largest absolute Gasteiger partial charge is 0.344 e. The van der Waals surface area contributed by atoms with Gasteiger partial charge in [0.1, 0.15) is 11.6 Å². The van der Waals surface area contributed by atoms with Gasteiger partial charge in [0.2, 0.25) is 0 Å². The Kier molecular flexibility index (Phi) is 7.35. The van der Waals surface area contributed by atoms with E-state index in [4.69, 9.17) is 4.98 Å². The zero-order valence-corrected chi connectivity index (χ0v) is 23.8. The molecule has 4 N–H and O–H groups in total. The standard InChI is InChI=1S/C30H32N6.C2H6.C2H2/c1-16-10-24(16)31-15-28-32-14-27(34-28)18-4-2-17(3-5-18)19-6-8-22-20(11-19)7-9-23-29(22)36-30(35-23)26-13-21-12-25(21)33-26;2*1-2/h2-6,8,11,14,16,21,24-26,31,33H,7,9-10,12-13,15H2,1H3,(H,32,34)(H,35,36);1-2H3;1-2H/t16?,21-,24?,25-,26+;;/m1../s1. The molecule has 0 spiro atoms. The lowest BCUT2D eigenvalue weighted by Crippen LogP contribution is -2.18. The molecule has 206 valence electrons. The maximum atomic E-state index is 5.08. The van der Waals surface area contributed by atoms with E-state index in [0.717, 1.165) is 60.3 Å². The minimum atomic E-state index is 0.407. The van der Waals surface area contributed by atoms with Gasteiger partial charge >= 0.3 is 0 Å². The van der Waals surface area contributed by atoms with Crippen molar-refractivity contribution in [3.63, 3.8) is 0 Å². The molecule has 0 radical (unpaired) electrons. The molecule has 1 aliphatic heterocycles. The smallest absolute Gasteiger partial charge is 0.124 e. The van der Waals surface area contributed by atoms with Crippen LogP contribution in [0.3, 0.4) is 0 Å². The Labute approximate surface area is 237 Å². The molecule has 4 aliphatic rings. The number of nitrogens with one attached hydrogen (secondary N) is 4. The molecule has 4 aromatic rings. The molecule has 5 atom stereocenters. The number of aryl methyl sites for hydroxylation is 2. The maximum absolute atomic E-state index is 5.08. The summed E-state index contributed by atoms with van der Waals surface area (Å²) < 4.78 is 0. The lowest BCUT2D eigenvalue weighted by atomic mass is 9.89. The molecule has 8 rings (SSSR count). The average Bonchev–Trinajstić information content (AvgIpc) is 3.66. The van der Waals surface area contributed by atoms with E-state index in [-0.39, 0.29) is 0 Å². The zero-order valence-electron chi connectivity index (χ0n) is 23.8. The van der Waals surface area contributed by atoms with Gasteiger partial charge in [-0.2, -0.15) is 0 Å². The number of benzene rings is 2. The predicted molar refractivity (Wildman–Crippen MR) is 162 cm³/mol. The van der Waals surface area contributed by atoms with Gasteiger partial charge in [-0.25, -0.2) is 9.97 Å². The highest BCUT2D eigenvalue weighted by Crippen LogP contribution is 2.46. The molecular formula is C34H40N6. The summed E-state index contributed by atoms with van der Waals surface area (Å²) in [6.07, 6.45) is 15.9. The summed E-state index contributed by atoms with van der Waals surface area (Å²) in [5.74, 6) is 3.82. The van der Waals surface area contributed by atoms with Crippen LogP contribution in [0.4, 0.5) is 0 Å². The first kappa shape index (κ1) is 26.6. The fourth-order valence-corrected chi connectivity index (χ4v) is 6.28. The predicted octanol–water partition coefficient (Wildman–Crippen LogP) is 6.43. The summed E-state index contributed by atoms with van der Waals surface area (Å²) in [6.45, 7) is 7.09. The lowest BCUT2D eigenvalue weighted by Gasteiger charge is -2.16. The molecule has 0 amide bonds. The highest BCUT2D eigenvalue weighted by molar-refractivity contribution is 5.76. The van der Waals surface area contributed by atoms with E-state index in [1.165, 1.54) is 52.8 Å².